The van der Waals surface area contributed by atoms with Crippen molar-refractivity contribution < 1.29 is 14.3 Å². The van der Waals surface area contributed by atoms with Crippen molar-refractivity contribution in [3.63, 3.8) is 0 Å². The highest BCUT2D eigenvalue weighted by Crippen LogP contribution is 2.40. The predicted molar refractivity (Wildman–Crippen MR) is 80.8 cm³/mol. The Balaban J connectivity index is 1.69. The van der Waals surface area contributed by atoms with E-state index in [1.54, 1.807) is 0 Å². The third-order valence-corrected chi connectivity index (χ3v) is 4.87. The maximum absolute atomic E-state index is 12.2. The molecule has 2 aliphatic heterocycles. The normalized spacial score (nSPS) is 21.3. The van der Waals surface area contributed by atoms with Gasteiger partial charge in [0.2, 0.25) is 11.8 Å². The summed E-state index contributed by atoms with van der Waals surface area (Å²) in [5.41, 5.74) is 0.410. The summed E-state index contributed by atoms with van der Waals surface area (Å²) in [5.74, 6) is 0.117. The van der Waals surface area contributed by atoms with Crippen LogP contribution in [0, 0.1) is 5.41 Å². The zero-order valence-electron chi connectivity index (χ0n) is 13.2. The molecule has 0 aliphatic carbocycles. The highest BCUT2D eigenvalue weighted by Gasteiger charge is 2.36. The lowest BCUT2D eigenvalue weighted by molar-refractivity contribution is -0.136. The first-order valence-corrected chi connectivity index (χ1v) is 8.27. The first-order valence-electron chi connectivity index (χ1n) is 8.27. The van der Waals surface area contributed by atoms with Gasteiger partial charge in [0, 0.05) is 45.7 Å². The molecule has 120 valence electrons. The third-order valence-electron chi connectivity index (χ3n) is 4.87. The maximum Gasteiger partial charge on any atom is 0.223 e. The molecule has 0 unspecified atom stereocenters. The number of piperidine rings is 1. The van der Waals surface area contributed by atoms with E-state index >= 15 is 0 Å². The summed E-state index contributed by atoms with van der Waals surface area (Å²) >= 11 is 0. The van der Waals surface area contributed by atoms with Gasteiger partial charge < -0.3 is 15.0 Å². The van der Waals surface area contributed by atoms with Crippen LogP contribution in [-0.2, 0) is 14.3 Å². The second-order valence-corrected chi connectivity index (χ2v) is 6.34. The van der Waals surface area contributed by atoms with Crippen molar-refractivity contribution in [1.29, 1.82) is 0 Å². The van der Waals surface area contributed by atoms with Gasteiger partial charge in [0.15, 0.2) is 0 Å². The van der Waals surface area contributed by atoms with E-state index in [9.17, 15) is 9.59 Å². The number of carbonyl (C=O) groups is 2. The van der Waals surface area contributed by atoms with E-state index in [4.69, 9.17) is 4.74 Å². The molecule has 5 nitrogen and oxygen atoms in total. The minimum Gasteiger partial charge on any atom is -0.381 e. The second kappa shape index (κ2) is 7.78. The number of nitrogens with one attached hydrogen (secondary N) is 1. The molecule has 21 heavy (non-hydrogen) atoms. The smallest absolute Gasteiger partial charge is 0.223 e. The number of ether oxygens (including phenoxy) is 1. The molecule has 1 spiro atoms. The van der Waals surface area contributed by atoms with Crippen LogP contribution in [0.4, 0.5) is 0 Å². The van der Waals surface area contributed by atoms with E-state index in [1.807, 2.05) is 11.8 Å². The summed E-state index contributed by atoms with van der Waals surface area (Å²) in [7, 11) is 0. The molecular weight excluding hydrogens is 268 g/mol. The van der Waals surface area contributed by atoms with Crippen LogP contribution >= 0.6 is 0 Å². The molecule has 0 atom stereocenters. The minimum absolute atomic E-state index is 0.0110. The zero-order valence-corrected chi connectivity index (χ0v) is 13.2. The van der Waals surface area contributed by atoms with Crippen LogP contribution in [0.2, 0.25) is 0 Å². The molecule has 2 fully saturated rings. The number of hydrogen-bond acceptors (Lipinski definition) is 3. The average molecular weight is 296 g/mol. The molecule has 2 rings (SSSR count). The average Bonchev–Trinajstić information content (AvgIpc) is 2.52. The van der Waals surface area contributed by atoms with E-state index < -0.39 is 0 Å². The first kappa shape index (κ1) is 16.3. The zero-order chi connectivity index (χ0) is 15.1. The number of nitrogens with zero attached hydrogens (tertiary/aromatic N) is 1. The van der Waals surface area contributed by atoms with Crippen molar-refractivity contribution in [2.45, 2.75) is 51.9 Å². The summed E-state index contributed by atoms with van der Waals surface area (Å²) in [5, 5.41) is 2.81. The highest BCUT2D eigenvalue weighted by atomic mass is 16.5. The molecule has 5 heteroatoms. The Kier molecular flexibility index (Phi) is 6.03. The van der Waals surface area contributed by atoms with Crippen LogP contribution in [-0.4, -0.2) is 49.6 Å². The van der Waals surface area contributed by atoms with Gasteiger partial charge in [-0.3, -0.25) is 9.59 Å². The van der Waals surface area contributed by atoms with Crippen molar-refractivity contribution in [1.82, 2.24) is 10.2 Å². The first-order chi connectivity index (χ1) is 10.2. The summed E-state index contributed by atoms with van der Waals surface area (Å²) in [6, 6.07) is 0. The standard InChI is InChI=1S/C16H28N2O3/c1-2-9-17-14(19)3-4-15(20)18-10-5-16(6-11-18)7-12-21-13-8-16/h2-13H2,1H3,(H,17,19). The van der Waals surface area contributed by atoms with Crippen LogP contribution < -0.4 is 5.32 Å². The molecule has 0 aromatic carbocycles. The van der Waals surface area contributed by atoms with Crippen LogP contribution in [0.15, 0.2) is 0 Å². The van der Waals surface area contributed by atoms with Crippen LogP contribution in [0.5, 0.6) is 0 Å². The molecule has 2 heterocycles. The second-order valence-electron chi connectivity index (χ2n) is 6.34. The lowest BCUT2D eigenvalue weighted by Crippen LogP contribution is -2.45. The van der Waals surface area contributed by atoms with E-state index in [-0.39, 0.29) is 11.8 Å². The summed E-state index contributed by atoms with van der Waals surface area (Å²) < 4.78 is 5.44. The van der Waals surface area contributed by atoms with Gasteiger partial charge in [-0.05, 0) is 37.5 Å². The third kappa shape index (κ3) is 4.70. The molecule has 0 radical (unpaired) electrons. The fourth-order valence-electron chi connectivity index (χ4n) is 3.27. The van der Waals surface area contributed by atoms with Gasteiger partial charge in [-0.25, -0.2) is 0 Å². The van der Waals surface area contributed by atoms with E-state index in [2.05, 4.69) is 5.32 Å². The van der Waals surface area contributed by atoms with Gasteiger partial charge in [-0.2, -0.15) is 0 Å². The Bertz CT molecular complexity index is 355. The van der Waals surface area contributed by atoms with Crippen LogP contribution in [0.25, 0.3) is 0 Å². The summed E-state index contributed by atoms with van der Waals surface area (Å²) in [6.45, 7) is 6.13. The number of amides is 2. The number of carbonyl (C=O) groups excluding carboxylic acids is 2. The van der Waals surface area contributed by atoms with E-state index in [0.717, 1.165) is 58.4 Å². The SMILES string of the molecule is CCCNC(=O)CCC(=O)N1CCC2(CCOCC2)CC1. The monoisotopic (exact) mass is 296 g/mol. The Morgan fingerprint density at radius 2 is 1.76 bits per heavy atom. The number of likely N-dealkylation sites (tertiary alicyclic amines) is 1. The molecule has 2 amide bonds. The largest absolute Gasteiger partial charge is 0.381 e. The molecule has 1 N–H and O–H groups in total. The number of hydrogen-bond donors (Lipinski definition) is 1. The fourth-order valence-corrected chi connectivity index (χ4v) is 3.27. The van der Waals surface area contributed by atoms with Crippen molar-refractivity contribution in [2.24, 2.45) is 5.41 Å². The summed E-state index contributed by atoms with van der Waals surface area (Å²) in [4.78, 5) is 25.6. The van der Waals surface area contributed by atoms with Gasteiger partial charge in [0.05, 0.1) is 0 Å². The van der Waals surface area contributed by atoms with Gasteiger partial charge >= 0.3 is 0 Å². The Hall–Kier alpha value is -1.10. The molecule has 2 aliphatic rings. The predicted octanol–water partition coefficient (Wildman–Crippen LogP) is 1.71. The molecule has 0 aromatic heterocycles. The topological polar surface area (TPSA) is 58.6 Å². The molecular formula is C16H28N2O3. The van der Waals surface area contributed by atoms with Gasteiger partial charge in [-0.15, -0.1) is 0 Å². The molecule has 0 bridgehead atoms. The van der Waals surface area contributed by atoms with Crippen LogP contribution in [0.1, 0.15) is 51.9 Å². The summed E-state index contributed by atoms with van der Waals surface area (Å²) in [6.07, 6.45) is 6.02. The van der Waals surface area contributed by atoms with Crippen LogP contribution in [0.3, 0.4) is 0 Å². The van der Waals surface area contributed by atoms with Crippen molar-refractivity contribution >= 4 is 11.8 Å². The van der Waals surface area contributed by atoms with Gasteiger partial charge in [-0.1, -0.05) is 6.92 Å². The Morgan fingerprint density at radius 1 is 1.10 bits per heavy atom. The fraction of sp³-hybridized carbons (Fsp3) is 0.875. The lowest BCUT2D eigenvalue weighted by atomic mass is 9.72. The Morgan fingerprint density at radius 3 is 2.38 bits per heavy atom. The minimum atomic E-state index is -0.0110. The van der Waals surface area contributed by atoms with E-state index in [1.165, 1.54) is 0 Å². The quantitative estimate of drug-likeness (QED) is 0.840. The maximum atomic E-state index is 12.2. The highest BCUT2D eigenvalue weighted by molar-refractivity contribution is 5.83. The van der Waals surface area contributed by atoms with Crippen molar-refractivity contribution in [3.8, 4) is 0 Å². The number of rotatable bonds is 5. The molecule has 0 aromatic rings. The molecule has 2 saturated heterocycles. The van der Waals surface area contributed by atoms with Crippen molar-refractivity contribution in [2.75, 3.05) is 32.8 Å². The Labute approximate surface area is 127 Å². The van der Waals surface area contributed by atoms with Gasteiger partial charge in [0.1, 0.15) is 0 Å². The molecule has 0 saturated carbocycles. The van der Waals surface area contributed by atoms with Crippen molar-refractivity contribution in [3.05, 3.63) is 0 Å². The van der Waals surface area contributed by atoms with E-state index in [0.29, 0.717) is 24.8 Å². The van der Waals surface area contributed by atoms with Gasteiger partial charge in [0.25, 0.3) is 0 Å². The lowest BCUT2D eigenvalue weighted by Gasteiger charge is -2.44.